The molecule has 2 aromatic rings. The quantitative estimate of drug-likeness (QED) is 0.878. The Kier molecular flexibility index (Phi) is 3.39. The van der Waals surface area contributed by atoms with Gasteiger partial charge in [-0.3, -0.25) is 0 Å². The van der Waals surface area contributed by atoms with Crippen LogP contribution < -0.4 is 4.72 Å². The summed E-state index contributed by atoms with van der Waals surface area (Å²) in [5.41, 5.74) is 0. The summed E-state index contributed by atoms with van der Waals surface area (Å²) in [4.78, 5) is 5.90. The van der Waals surface area contributed by atoms with Crippen LogP contribution in [0.5, 0.6) is 0 Å². The van der Waals surface area contributed by atoms with Crippen molar-refractivity contribution < 1.29 is 17.2 Å². The number of nitrogens with one attached hydrogen (secondary N) is 2. The molecule has 0 spiro atoms. The van der Waals surface area contributed by atoms with E-state index in [1.54, 1.807) is 0 Å². The summed E-state index contributed by atoms with van der Waals surface area (Å²) in [6.45, 7) is -0.105. The molecule has 0 aliphatic rings. The van der Waals surface area contributed by atoms with E-state index in [0.29, 0.717) is 11.9 Å². The predicted molar refractivity (Wildman–Crippen MR) is 59.0 cm³/mol. The zero-order chi connectivity index (χ0) is 13.2. The van der Waals surface area contributed by atoms with Crippen LogP contribution in [0, 0.1) is 11.6 Å². The Morgan fingerprint density at radius 1 is 1.33 bits per heavy atom. The molecule has 1 aromatic carbocycles. The van der Waals surface area contributed by atoms with Gasteiger partial charge in [0.1, 0.15) is 22.4 Å². The number of sulfonamides is 1. The number of rotatable bonds is 4. The molecule has 0 aliphatic heterocycles. The molecule has 8 heteroatoms. The molecule has 1 aromatic heterocycles. The first-order valence-corrected chi connectivity index (χ1v) is 6.40. The van der Waals surface area contributed by atoms with Gasteiger partial charge in [0.2, 0.25) is 10.0 Å². The molecule has 0 saturated heterocycles. The van der Waals surface area contributed by atoms with Crippen LogP contribution >= 0.6 is 0 Å². The molecule has 0 fully saturated rings. The Morgan fingerprint density at radius 3 is 2.72 bits per heavy atom. The summed E-state index contributed by atoms with van der Waals surface area (Å²) in [5.74, 6) is -1.58. The topological polar surface area (TPSA) is 74.8 Å². The second-order valence-electron chi connectivity index (χ2n) is 3.44. The van der Waals surface area contributed by atoms with Crippen molar-refractivity contribution >= 4 is 10.0 Å². The number of aromatic nitrogens is 2. The first-order chi connectivity index (χ1) is 8.49. The van der Waals surface area contributed by atoms with Crippen molar-refractivity contribution in [2.45, 2.75) is 11.4 Å². The highest BCUT2D eigenvalue weighted by molar-refractivity contribution is 7.89. The van der Waals surface area contributed by atoms with Crippen LogP contribution in [0.2, 0.25) is 0 Å². The highest BCUT2D eigenvalue weighted by Crippen LogP contribution is 2.15. The maximum atomic E-state index is 13.3. The van der Waals surface area contributed by atoms with E-state index in [1.165, 1.54) is 12.4 Å². The van der Waals surface area contributed by atoms with E-state index in [-0.39, 0.29) is 6.54 Å². The minimum atomic E-state index is -4.04. The Morgan fingerprint density at radius 2 is 2.11 bits per heavy atom. The van der Waals surface area contributed by atoms with Gasteiger partial charge in [-0.25, -0.2) is 26.9 Å². The molecule has 1 heterocycles. The van der Waals surface area contributed by atoms with E-state index in [9.17, 15) is 17.2 Å². The average molecular weight is 273 g/mol. The molecule has 0 saturated carbocycles. The first kappa shape index (κ1) is 12.7. The van der Waals surface area contributed by atoms with E-state index >= 15 is 0 Å². The number of nitrogens with zero attached hydrogens (tertiary/aromatic N) is 1. The molecule has 0 radical (unpaired) electrons. The van der Waals surface area contributed by atoms with Crippen LogP contribution in [0.4, 0.5) is 8.78 Å². The van der Waals surface area contributed by atoms with Gasteiger partial charge in [0.05, 0.1) is 6.54 Å². The lowest BCUT2D eigenvalue weighted by Gasteiger charge is -2.06. The van der Waals surface area contributed by atoms with Crippen molar-refractivity contribution in [2.24, 2.45) is 0 Å². The first-order valence-electron chi connectivity index (χ1n) is 4.92. The summed E-state index contributed by atoms with van der Waals surface area (Å²) in [6.07, 6.45) is 2.99. The van der Waals surface area contributed by atoms with Gasteiger partial charge in [-0.15, -0.1) is 0 Å². The standard InChI is InChI=1S/C10H9F2N3O2S/c11-7-1-2-9(8(12)5-7)18(16,17)15-6-10-13-3-4-14-10/h1-5,15H,6H2,(H,13,14). The number of halogens is 2. The molecule has 2 N–H and O–H groups in total. The van der Waals surface area contributed by atoms with Gasteiger partial charge >= 0.3 is 0 Å². The maximum absolute atomic E-state index is 13.3. The average Bonchev–Trinajstić information content (AvgIpc) is 2.78. The van der Waals surface area contributed by atoms with Crippen molar-refractivity contribution in [3.63, 3.8) is 0 Å². The third kappa shape index (κ3) is 2.71. The summed E-state index contributed by atoms with van der Waals surface area (Å²) in [5, 5.41) is 0. The van der Waals surface area contributed by atoms with Gasteiger partial charge in [-0.1, -0.05) is 0 Å². The molecule has 0 bridgehead atoms. The van der Waals surface area contributed by atoms with Crippen molar-refractivity contribution in [1.82, 2.24) is 14.7 Å². The zero-order valence-electron chi connectivity index (χ0n) is 9.02. The molecule has 96 valence electrons. The van der Waals surface area contributed by atoms with E-state index in [0.717, 1.165) is 12.1 Å². The molecule has 0 atom stereocenters. The lowest BCUT2D eigenvalue weighted by Crippen LogP contribution is -2.24. The molecular formula is C10H9F2N3O2S. The summed E-state index contributed by atoms with van der Waals surface area (Å²) < 4.78 is 51.6. The Bertz CT molecular complexity index is 641. The number of imidazole rings is 1. The Labute approximate surface area is 102 Å². The molecule has 5 nitrogen and oxygen atoms in total. The van der Waals surface area contributed by atoms with Crippen LogP contribution in [0.25, 0.3) is 0 Å². The van der Waals surface area contributed by atoms with Crippen molar-refractivity contribution in [1.29, 1.82) is 0 Å². The lowest BCUT2D eigenvalue weighted by molar-refractivity contribution is 0.542. The SMILES string of the molecule is O=S(=O)(NCc1ncc[nH]1)c1ccc(F)cc1F. The van der Waals surface area contributed by atoms with Gasteiger partial charge in [0.15, 0.2) is 0 Å². The van der Waals surface area contributed by atoms with Gasteiger partial charge < -0.3 is 4.98 Å². The fraction of sp³-hybridized carbons (Fsp3) is 0.100. The third-order valence-corrected chi connectivity index (χ3v) is 3.60. The molecule has 0 amide bonds. The molecule has 2 rings (SSSR count). The van der Waals surface area contributed by atoms with Crippen LogP contribution in [0.3, 0.4) is 0 Å². The minimum absolute atomic E-state index is 0.105. The van der Waals surface area contributed by atoms with E-state index in [2.05, 4.69) is 14.7 Å². The number of H-pyrrole nitrogens is 1. The highest BCUT2D eigenvalue weighted by atomic mass is 32.2. The smallest absolute Gasteiger partial charge is 0.243 e. The van der Waals surface area contributed by atoms with Crippen molar-refractivity contribution in [3.05, 3.63) is 48.1 Å². The summed E-state index contributed by atoms with van der Waals surface area (Å²) in [6, 6.07) is 2.27. The summed E-state index contributed by atoms with van der Waals surface area (Å²) in [7, 11) is -4.04. The van der Waals surface area contributed by atoms with Gasteiger partial charge in [0, 0.05) is 18.5 Å². The van der Waals surface area contributed by atoms with Gasteiger partial charge in [-0.2, -0.15) is 0 Å². The normalized spacial score (nSPS) is 11.7. The monoisotopic (exact) mass is 273 g/mol. The van der Waals surface area contributed by atoms with Crippen molar-refractivity contribution in [3.8, 4) is 0 Å². The number of aromatic amines is 1. The van der Waals surface area contributed by atoms with E-state index < -0.39 is 26.6 Å². The van der Waals surface area contributed by atoms with Crippen LogP contribution in [-0.2, 0) is 16.6 Å². The molecular weight excluding hydrogens is 264 g/mol. The number of hydrogen-bond acceptors (Lipinski definition) is 3. The Balaban J connectivity index is 2.20. The molecule has 18 heavy (non-hydrogen) atoms. The number of benzene rings is 1. The van der Waals surface area contributed by atoms with E-state index in [4.69, 9.17) is 0 Å². The lowest BCUT2D eigenvalue weighted by atomic mass is 10.3. The summed E-state index contributed by atoms with van der Waals surface area (Å²) >= 11 is 0. The van der Waals surface area contributed by atoms with E-state index in [1.807, 2.05) is 0 Å². The van der Waals surface area contributed by atoms with Crippen molar-refractivity contribution in [2.75, 3.05) is 0 Å². The fourth-order valence-electron chi connectivity index (χ4n) is 1.33. The Hall–Kier alpha value is -1.80. The van der Waals surface area contributed by atoms with Crippen LogP contribution in [0.1, 0.15) is 5.82 Å². The zero-order valence-corrected chi connectivity index (χ0v) is 9.84. The second-order valence-corrected chi connectivity index (χ2v) is 5.17. The van der Waals surface area contributed by atoms with Crippen LogP contribution in [-0.4, -0.2) is 18.4 Å². The van der Waals surface area contributed by atoms with Crippen LogP contribution in [0.15, 0.2) is 35.5 Å². The minimum Gasteiger partial charge on any atom is -0.347 e. The molecule has 0 unspecified atom stereocenters. The molecule has 0 aliphatic carbocycles. The maximum Gasteiger partial charge on any atom is 0.243 e. The highest BCUT2D eigenvalue weighted by Gasteiger charge is 2.19. The number of hydrogen-bond donors (Lipinski definition) is 2. The second kappa shape index (κ2) is 4.83. The third-order valence-electron chi connectivity index (χ3n) is 2.17. The van der Waals surface area contributed by atoms with Gasteiger partial charge in [-0.05, 0) is 12.1 Å². The largest absolute Gasteiger partial charge is 0.347 e. The fourth-order valence-corrected chi connectivity index (χ4v) is 2.37. The van der Waals surface area contributed by atoms with Gasteiger partial charge in [0.25, 0.3) is 0 Å². The predicted octanol–water partition coefficient (Wildman–Crippen LogP) is 1.17.